The zero-order chi connectivity index (χ0) is 12.6. The molecule has 1 aliphatic heterocycles. The van der Waals surface area contributed by atoms with Gasteiger partial charge >= 0.3 is 0 Å². The van der Waals surface area contributed by atoms with Gasteiger partial charge in [-0.05, 0) is 51.0 Å². The number of hydrogen-bond acceptors (Lipinski definition) is 3. The quantitative estimate of drug-likeness (QED) is 0.834. The zero-order valence-corrected chi connectivity index (χ0v) is 11.4. The fourth-order valence-corrected chi connectivity index (χ4v) is 2.74. The summed E-state index contributed by atoms with van der Waals surface area (Å²) in [4.78, 5) is 7.08. The normalized spacial score (nSPS) is 17.2. The zero-order valence-electron chi connectivity index (χ0n) is 11.4. The van der Waals surface area contributed by atoms with Crippen LogP contribution in [-0.2, 0) is 6.42 Å². The van der Waals surface area contributed by atoms with Crippen molar-refractivity contribution in [3.05, 3.63) is 30.1 Å². The lowest BCUT2D eigenvalue weighted by atomic mass is 10.0. The minimum Gasteiger partial charge on any atom is -0.317 e. The predicted molar refractivity (Wildman–Crippen MR) is 75.7 cm³/mol. The van der Waals surface area contributed by atoms with Crippen molar-refractivity contribution in [1.29, 1.82) is 0 Å². The molecule has 0 aromatic carbocycles. The molecule has 0 amide bonds. The van der Waals surface area contributed by atoms with Gasteiger partial charge in [0, 0.05) is 30.9 Å². The van der Waals surface area contributed by atoms with Crippen LogP contribution in [0.3, 0.4) is 0 Å². The van der Waals surface area contributed by atoms with Gasteiger partial charge in [0.25, 0.3) is 0 Å². The standard InChI is InChI=1S/C15H25N3/c1-2-12-18(15-6-10-16-11-7-15)13-8-14-5-3-4-9-17-14/h3-5,9,15-16H,2,6-8,10-13H2,1H3. The van der Waals surface area contributed by atoms with E-state index >= 15 is 0 Å². The topological polar surface area (TPSA) is 28.2 Å². The molecule has 1 N–H and O–H groups in total. The van der Waals surface area contributed by atoms with Crippen LogP contribution in [0, 0.1) is 0 Å². The highest BCUT2D eigenvalue weighted by Gasteiger charge is 2.19. The Labute approximate surface area is 111 Å². The maximum atomic E-state index is 4.42. The van der Waals surface area contributed by atoms with E-state index in [0.717, 1.165) is 19.0 Å². The van der Waals surface area contributed by atoms with Gasteiger partial charge in [0.15, 0.2) is 0 Å². The number of hydrogen-bond donors (Lipinski definition) is 1. The van der Waals surface area contributed by atoms with Crippen molar-refractivity contribution in [3.63, 3.8) is 0 Å². The summed E-state index contributed by atoms with van der Waals surface area (Å²) < 4.78 is 0. The lowest BCUT2D eigenvalue weighted by Crippen LogP contribution is -2.44. The first-order valence-corrected chi connectivity index (χ1v) is 7.25. The molecule has 3 nitrogen and oxygen atoms in total. The molecule has 1 saturated heterocycles. The molecule has 0 atom stereocenters. The summed E-state index contributed by atoms with van der Waals surface area (Å²) >= 11 is 0. The summed E-state index contributed by atoms with van der Waals surface area (Å²) in [6.07, 6.45) is 6.80. The van der Waals surface area contributed by atoms with Crippen LogP contribution in [0.1, 0.15) is 31.9 Å². The summed E-state index contributed by atoms with van der Waals surface area (Å²) in [6, 6.07) is 6.97. The molecule has 0 aliphatic carbocycles. The SMILES string of the molecule is CCCN(CCc1ccccn1)C1CCNCC1. The third kappa shape index (κ3) is 4.07. The molecule has 2 rings (SSSR count). The van der Waals surface area contributed by atoms with Gasteiger partial charge in [-0.3, -0.25) is 9.88 Å². The molecule has 1 aromatic heterocycles. The summed E-state index contributed by atoms with van der Waals surface area (Å²) in [5.41, 5.74) is 1.22. The number of nitrogens with one attached hydrogen (secondary N) is 1. The average Bonchev–Trinajstić information content (AvgIpc) is 2.45. The monoisotopic (exact) mass is 247 g/mol. The average molecular weight is 247 g/mol. The maximum absolute atomic E-state index is 4.42. The molecule has 0 unspecified atom stereocenters. The molecule has 0 bridgehead atoms. The predicted octanol–water partition coefficient (Wildman–Crippen LogP) is 2.09. The second-order valence-electron chi connectivity index (χ2n) is 5.09. The Morgan fingerprint density at radius 3 is 2.78 bits per heavy atom. The fraction of sp³-hybridized carbons (Fsp3) is 0.667. The van der Waals surface area contributed by atoms with Gasteiger partial charge < -0.3 is 5.32 Å². The summed E-state index contributed by atoms with van der Waals surface area (Å²) in [6.45, 7) is 6.99. The van der Waals surface area contributed by atoms with Gasteiger partial charge in [0.2, 0.25) is 0 Å². The smallest absolute Gasteiger partial charge is 0.0416 e. The number of nitrogens with zero attached hydrogens (tertiary/aromatic N) is 2. The van der Waals surface area contributed by atoms with Crippen molar-refractivity contribution in [3.8, 4) is 0 Å². The van der Waals surface area contributed by atoms with E-state index in [0.29, 0.717) is 0 Å². The molecule has 3 heteroatoms. The van der Waals surface area contributed by atoms with Crippen LogP contribution in [0.15, 0.2) is 24.4 Å². The van der Waals surface area contributed by atoms with E-state index in [2.05, 4.69) is 34.3 Å². The molecule has 1 aliphatic rings. The number of piperidine rings is 1. The van der Waals surface area contributed by atoms with E-state index in [-0.39, 0.29) is 0 Å². The molecule has 18 heavy (non-hydrogen) atoms. The van der Waals surface area contributed by atoms with E-state index in [1.165, 1.54) is 44.6 Å². The molecule has 0 spiro atoms. The molecule has 1 aromatic rings. The first-order chi connectivity index (χ1) is 8.90. The molecule has 0 saturated carbocycles. The van der Waals surface area contributed by atoms with Gasteiger partial charge in [0.05, 0.1) is 0 Å². The van der Waals surface area contributed by atoms with E-state index in [9.17, 15) is 0 Å². The number of pyridine rings is 1. The second-order valence-corrected chi connectivity index (χ2v) is 5.09. The number of rotatable bonds is 6. The number of aromatic nitrogens is 1. The van der Waals surface area contributed by atoms with Crippen molar-refractivity contribution in [2.24, 2.45) is 0 Å². The third-order valence-electron chi connectivity index (χ3n) is 3.72. The van der Waals surface area contributed by atoms with Crippen LogP contribution in [0.5, 0.6) is 0 Å². The van der Waals surface area contributed by atoms with Crippen LogP contribution in [0.2, 0.25) is 0 Å². The van der Waals surface area contributed by atoms with E-state index in [1.807, 2.05) is 12.3 Å². The van der Waals surface area contributed by atoms with Crippen molar-refractivity contribution < 1.29 is 0 Å². The van der Waals surface area contributed by atoms with Gasteiger partial charge in [-0.25, -0.2) is 0 Å². The van der Waals surface area contributed by atoms with Crippen molar-refractivity contribution in [2.75, 3.05) is 26.2 Å². The lowest BCUT2D eigenvalue weighted by molar-refractivity contribution is 0.163. The maximum Gasteiger partial charge on any atom is 0.0416 e. The van der Waals surface area contributed by atoms with Crippen LogP contribution in [-0.4, -0.2) is 42.1 Å². The van der Waals surface area contributed by atoms with Gasteiger partial charge in [-0.1, -0.05) is 13.0 Å². The molecule has 0 radical (unpaired) electrons. The van der Waals surface area contributed by atoms with Gasteiger partial charge in [-0.2, -0.15) is 0 Å². The van der Waals surface area contributed by atoms with Crippen molar-refractivity contribution in [2.45, 2.75) is 38.6 Å². The highest BCUT2D eigenvalue weighted by molar-refractivity contribution is 5.03. The Morgan fingerprint density at radius 1 is 1.28 bits per heavy atom. The third-order valence-corrected chi connectivity index (χ3v) is 3.72. The first kappa shape index (κ1) is 13.5. The highest BCUT2D eigenvalue weighted by Crippen LogP contribution is 2.13. The Morgan fingerprint density at radius 2 is 2.11 bits per heavy atom. The molecule has 2 heterocycles. The Hall–Kier alpha value is -0.930. The Kier molecular flexibility index (Phi) is 5.62. The Bertz CT molecular complexity index is 320. The minimum absolute atomic E-state index is 0.773. The van der Waals surface area contributed by atoms with E-state index < -0.39 is 0 Å². The van der Waals surface area contributed by atoms with E-state index in [4.69, 9.17) is 0 Å². The van der Waals surface area contributed by atoms with Crippen LogP contribution >= 0.6 is 0 Å². The first-order valence-electron chi connectivity index (χ1n) is 7.25. The Balaban J connectivity index is 1.85. The summed E-state index contributed by atoms with van der Waals surface area (Å²) in [7, 11) is 0. The largest absolute Gasteiger partial charge is 0.317 e. The van der Waals surface area contributed by atoms with Crippen LogP contribution in [0.25, 0.3) is 0 Å². The van der Waals surface area contributed by atoms with Crippen molar-refractivity contribution >= 4 is 0 Å². The molecule has 100 valence electrons. The van der Waals surface area contributed by atoms with Crippen molar-refractivity contribution in [1.82, 2.24) is 15.2 Å². The summed E-state index contributed by atoms with van der Waals surface area (Å²) in [5.74, 6) is 0. The molecular formula is C15H25N3. The van der Waals surface area contributed by atoms with Crippen LogP contribution in [0.4, 0.5) is 0 Å². The second kappa shape index (κ2) is 7.49. The summed E-state index contributed by atoms with van der Waals surface area (Å²) in [5, 5.41) is 3.45. The highest BCUT2D eigenvalue weighted by atomic mass is 15.2. The minimum atomic E-state index is 0.773. The molecular weight excluding hydrogens is 222 g/mol. The fourth-order valence-electron chi connectivity index (χ4n) is 2.74. The lowest BCUT2D eigenvalue weighted by Gasteiger charge is -2.34. The van der Waals surface area contributed by atoms with Gasteiger partial charge in [0.1, 0.15) is 0 Å². The van der Waals surface area contributed by atoms with Crippen LogP contribution < -0.4 is 5.32 Å². The van der Waals surface area contributed by atoms with Gasteiger partial charge in [-0.15, -0.1) is 0 Å². The van der Waals surface area contributed by atoms with E-state index in [1.54, 1.807) is 0 Å². The molecule has 1 fully saturated rings.